The number of carbonyl (C=O) groups is 1. The monoisotopic (exact) mass is 385 g/mol. The molecule has 1 aromatic carbocycles. The van der Waals surface area contributed by atoms with Gasteiger partial charge < -0.3 is 14.2 Å². The van der Waals surface area contributed by atoms with Crippen molar-refractivity contribution in [3.8, 4) is 5.69 Å². The highest BCUT2D eigenvalue weighted by molar-refractivity contribution is 5.80. The summed E-state index contributed by atoms with van der Waals surface area (Å²) in [6, 6.07) is 6.39. The van der Waals surface area contributed by atoms with Gasteiger partial charge in [0.2, 0.25) is 0 Å². The molecule has 3 unspecified atom stereocenters. The summed E-state index contributed by atoms with van der Waals surface area (Å²) in [6.45, 7) is 5.27. The number of fused-ring (bicyclic) bond motifs is 1. The number of amides is 1. The van der Waals surface area contributed by atoms with Crippen LogP contribution in [0.25, 0.3) is 5.69 Å². The fourth-order valence-electron chi connectivity index (χ4n) is 4.43. The van der Waals surface area contributed by atoms with Crippen LogP contribution >= 0.6 is 0 Å². The van der Waals surface area contributed by atoms with Gasteiger partial charge >= 0.3 is 0 Å². The van der Waals surface area contributed by atoms with Gasteiger partial charge in [-0.25, -0.2) is 9.37 Å². The Kier molecular flexibility index (Phi) is 5.49. The molecule has 2 aromatic rings. The molecule has 1 aromatic heterocycles. The average molecular weight is 385 g/mol. The number of imidazole rings is 1. The second-order valence-corrected chi connectivity index (χ2v) is 8.17. The number of rotatable bonds is 4. The lowest BCUT2D eigenvalue weighted by Crippen LogP contribution is -2.43. The Morgan fingerprint density at radius 1 is 1.29 bits per heavy atom. The number of hydrogen-bond acceptors (Lipinski definition) is 3. The van der Waals surface area contributed by atoms with E-state index in [1.54, 1.807) is 18.5 Å². The Morgan fingerprint density at radius 3 is 2.82 bits per heavy atom. The molecule has 1 aliphatic carbocycles. The van der Waals surface area contributed by atoms with Crippen LogP contribution in [0.1, 0.15) is 50.9 Å². The predicted octanol–water partition coefficient (Wildman–Crippen LogP) is 3.88. The minimum atomic E-state index is -0.420. The van der Waals surface area contributed by atoms with Crippen molar-refractivity contribution < 1.29 is 13.9 Å². The third kappa shape index (κ3) is 3.97. The predicted molar refractivity (Wildman–Crippen MR) is 105 cm³/mol. The molecule has 2 aliphatic rings. The molecule has 2 heterocycles. The molecule has 0 spiro atoms. The number of hydrogen-bond donors (Lipinski definition) is 0. The highest BCUT2D eigenvalue weighted by atomic mass is 19.1. The minimum absolute atomic E-state index is 0.0419. The van der Waals surface area contributed by atoms with Crippen molar-refractivity contribution in [1.82, 2.24) is 14.5 Å². The molecule has 5 nitrogen and oxygen atoms in total. The third-order valence-electron chi connectivity index (χ3n) is 5.96. The molecule has 1 amide bonds. The van der Waals surface area contributed by atoms with Crippen molar-refractivity contribution in [3.63, 3.8) is 0 Å². The van der Waals surface area contributed by atoms with Crippen molar-refractivity contribution in [3.05, 3.63) is 47.8 Å². The molecule has 28 heavy (non-hydrogen) atoms. The smallest absolute Gasteiger partial charge is 0.251 e. The Bertz CT molecular complexity index is 833. The first-order valence-corrected chi connectivity index (χ1v) is 10.3. The summed E-state index contributed by atoms with van der Waals surface area (Å²) in [6.07, 6.45) is 6.80. The number of nitrogens with zero attached hydrogens (tertiary/aromatic N) is 3. The maximum Gasteiger partial charge on any atom is 0.251 e. The summed E-state index contributed by atoms with van der Waals surface area (Å²) < 4.78 is 21.3. The average Bonchev–Trinajstić information content (AvgIpc) is 3.11. The number of carbonyl (C=O) groups excluding carboxylic acids is 1. The topological polar surface area (TPSA) is 47.4 Å². The van der Waals surface area contributed by atoms with E-state index in [9.17, 15) is 9.18 Å². The molecule has 1 fully saturated rings. The van der Waals surface area contributed by atoms with Crippen LogP contribution in [0.2, 0.25) is 0 Å². The van der Waals surface area contributed by atoms with Gasteiger partial charge in [0.15, 0.2) is 0 Å². The minimum Gasteiger partial charge on any atom is -0.365 e. The maximum absolute atomic E-state index is 13.2. The second kappa shape index (κ2) is 8.03. The molecule has 0 radical (unpaired) electrons. The first kappa shape index (κ1) is 19.1. The van der Waals surface area contributed by atoms with Gasteiger partial charge in [-0.05, 0) is 49.9 Å². The molecule has 0 saturated heterocycles. The first-order valence-electron chi connectivity index (χ1n) is 10.3. The van der Waals surface area contributed by atoms with Crippen LogP contribution in [0.5, 0.6) is 0 Å². The van der Waals surface area contributed by atoms with E-state index < -0.39 is 6.10 Å². The van der Waals surface area contributed by atoms with E-state index in [-0.39, 0.29) is 17.8 Å². The molecule has 6 heteroatoms. The Morgan fingerprint density at radius 2 is 2.07 bits per heavy atom. The van der Waals surface area contributed by atoms with Crippen LogP contribution in [-0.4, -0.2) is 39.1 Å². The van der Waals surface area contributed by atoms with Crippen LogP contribution in [0.4, 0.5) is 4.39 Å². The van der Waals surface area contributed by atoms with E-state index in [1.807, 2.05) is 16.4 Å². The van der Waals surface area contributed by atoms with E-state index in [0.717, 1.165) is 36.3 Å². The van der Waals surface area contributed by atoms with E-state index >= 15 is 0 Å². The van der Waals surface area contributed by atoms with Crippen LogP contribution in [-0.2, 0) is 22.5 Å². The van der Waals surface area contributed by atoms with Gasteiger partial charge in [0.05, 0.1) is 24.7 Å². The number of aromatic nitrogens is 2. The summed E-state index contributed by atoms with van der Waals surface area (Å²) in [5, 5.41) is 0. The zero-order valence-corrected chi connectivity index (χ0v) is 16.6. The largest absolute Gasteiger partial charge is 0.365 e. The van der Waals surface area contributed by atoms with E-state index in [2.05, 4.69) is 11.9 Å². The Hall–Kier alpha value is -2.21. The molecule has 3 atom stereocenters. The maximum atomic E-state index is 13.2. The molecular formula is C22H28FN3O2. The normalized spacial score (nSPS) is 23.3. The number of benzene rings is 1. The number of halogens is 1. The van der Waals surface area contributed by atoms with Gasteiger partial charge in [0, 0.05) is 24.3 Å². The summed E-state index contributed by atoms with van der Waals surface area (Å²) in [5.41, 5.74) is 2.88. The molecule has 1 aliphatic heterocycles. The fourth-order valence-corrected chi connectivity index (χ4v) is 4.43. The Balaban J connectivity index is 1.41. The van der Waals surface area contributed by atoms with Crippen molar-refractivity contribution in [1.29, 1.82) is 0 Å². The SMILES string of the molecule is CC1CCCC(OC(C)C(=O)N2CCc3c(ncn3-c3ccc(F)cc3)C2)C1. The zero-order valence-electron chi connectivity index (χ0n) is 16.6. The molecule has 0 N–H and O–H groups in total. The van der Waals surface area contributed by atoms with Gasteiger partial charge in [0.25, 0.3) is 5.91 Å². The van der Waals surface area contributed by atoms with E-state index in [4.69, 9.17) is 4.74 Å². The summed E-state index contributed by atoms with van der Waals surface area (Å²) in [4.78, 5) is 19.3. The van der Waals surface area contributed by atoms with Crippen LogP contribution in [0.3, 0.4) is 0 Å². The van der Waals surface area contributed by atoms with Gasteiger partial charge in [-0.2, -0.15) is 0 Å². The highest BCUT2D eigenvalue weighted by Crippen LogP contribution is 2.27. The summed E-state index contributed by atoms with van der Waals surface area (Å²) in [5.74, 6) is 0.463. The first-order chi connectivity index (χ1) is 13.5. The lowest BCUT2D eigenvalue weighted by molar-refractivity contribution is -0.149. The van der Waals surface area contributed by atoms with E-state index in [0.29, 0.717) is 19.0 Å². The van der Waals surface area contributed by atoms with Crippen molar-refractivity contribution in [2.75, 3.05) is 6.54 Å². The summed E-state index contributed by atoms with van der Waals surface area (Å²) >= 11 is 0. The molecule has 1 saturated carbocycles. The van der Waals surface area contributed by atoms with E-state index in [1.165, 1.54) is 25.0 Å². The third-order valence-corrected chi connectivity index (χ3v) is 5.96. The van der Waals surface area contributed by atoms with Gasteiger partial charge in [-0.1, -0.05) is 19.8 Å². The van der Waals surface area contributed by atoms with Crippen LogP contribution in [0.15, 0.2) is 30.6 Å². The van der Waals surface area contributed by atoms with Gasteiger partial charge in [0.1, 0.15) is 11.9 Å². The summed E-state index contributed by atoms with van der Waals surface area (Å²) in [7, 11) is 0. The van der Waals surface area contributed by atoms with Gasteiger partial charge in [-0.3, -0.25) is 4.79 Å². The molecule has 150 valence electrons. The lowest BCUT2D eigenvalue weighted by atomic mass is 9.88. The molecular weight excluding hydrogens is 357 g/mol. The van der Waals surface area contributed by atoms with Crippen molar-refractivity contribution in [2.45, 2.75) is 64.7 Å². The molecule has 0 bridgehead atoms. The number of ether oxygens (including phenoxy) is 1. The quantitative estimate of drug-likeness (QED) is 0.802. The van der Waals surface area contributed by atoms with Crippen molar-refractivity contribution in [2.24, 2.45) is 5.92 Å². The molecule has 4 rings (SSSR count). The zero-order chi connectivity index (χ0) is 19.7. The van der Waals surface area contributed by atoms with Crippen LogP contribution in [0, 0.1) is 11.7 Å². The highest BCUT2D eigenvalue weighted by Gasteiger charge is 2.30. The standard InChI is InChI=1S/C22H28FN3O2/c1-15-4-3-5-19(12-15)28-16(2)22(27)25-11-10-21-20(13-25)24-14-26(21)18-8-6-17(23)7-9-18/h6-9,14-16,19H,3-5,10-13H2,1-2H3. The fraction of sp³-hybridized carbons (Fsp3) is 0.545. The Labute approximate surface area is 165 Å². The van der Waals surface area contributed by atoms with Crippen LogP contribution < -0.4 is 0 Å². The van der Waals surface area contributed by atoms with Gasteiger partial charge in [-0.15, -0.1) is 0 Å². The van der Waals surface area contributed by atoms with Crippen molar-refractivity contribution >= 4 is 5.91 Å². The lowest BCUT2D eigenvalue weighted by Gasteiger charge is -2.33. The second-order valence-electron chi connectivity index (χ2n) is 8.17.